The summed E-state index contributed by atoms with van der Waals surface area (Å²) in [5.74, 6) is 1.57. The molecule has 2 fully saturated rings. The zero-order valence-corrected chi connectivity index (χ0v) is 28.3. The van der Waals surface area contributed by atoms with E-state index in [4.69, 9.17) is 28.4 Å². The van der Waals surface area contributed by atoms with Gasteiger partial charge in [-0.3, -0.25) is 0 Å². The van der Waals surface area contributed by atoms with Crippen LogP contribution in [0.15, 0.2) is 47.4 Å². The molecule has 0 spiro atoms. The van der Waals surface area contributed by atoms with Gasteiger partial charge in [0, 0.05) is 19.2 Å². The highest BCUT2D eigenvalue weighted by Gasteiger charge is 2.44. The van der Waals surface area contributed by atoms with Gasteiger partial charge in [0.15, 0.2) is 17.8 Å². The lowest BCUT2D eigenvalue weighted by atomic mass is 10.00. The quantitative estimate of drug-likeness (QED) is 0.230. The third-order valence-corrected chi connectivity index (χ3v) is 11.0. The number of aliphatic hydroxyl groups is 1. The number of nitrogens with one attached hydrogen (secondary N) is 1. The molecule has 2 saturated heterocycles. The second-order valence-electron chi connectivity index (χ2n) is 12.4. The zero-order valence-electron chi connectivity index (χ0n) is 27.5. The van der Waals surface area contributed by atoms with Gasteiger partial charge in [-0.2, -0.15) is 4.31 Å². The van der Waals surface area contributed by atoms with Crippen molar-refractivity contribution < 1.29 is 46.7 Å². The topological polar surface area (TPSA) is 142 Å². The van der Waals surface area contributed by atoms with E-state index in [-0.39, 0.29) is 55.9 Å². The predicted octanol–water partition coefficient (Wildman–Crippen LogP) is 4.48. The first kappa shape index (κ1) is 35.2. The molecule has 260 valence electrons. The number of alkyl carbamates (subject to hydrolysis) is 1. The number of unbranched alkanes of at least 4 members (excludes halogenated alkanes) is 1. The largest absolute Gasteiger partial charge is 0.494 e. The van der Waals surface area contributed by atoms with E-state index < -0.39 is 34.4 Å². The zero-order chi connectivity index (χ0) is 33.4. The minimum absolute atomic E-state index is 0.0196. The number of nitrogens with zero attached hydrogens (tertiary/aromatic N) is 1. The Hall–Kier alpha value is -3.10. The van der Waals surface area contributed by atoms with Crippen LogP contribution in [-0.2, 0) is 30.7 Å². The maximum absolute atomic E-state index is 14.1. The fourth-order valence-electron chi connectivity index (χ4n) is 6.09. The number of amides is 1. The summed E-state index contributed by atoms with van der Waals surface area (Å²) in [6.45, 7) is 7.48. The summed E-state index contributed by atoms with van der Waals surface area (Å²) in [5, 5.41) is 14.6. The standard InChI is InChI=1S/C34H48N2O10S/c1-4-7-15-41-25-10-8-24(9-11-25)17-28(35-34(38)46-32-21-43-33-27(32)14-16-42-33)29(37)20-36(19-23(5-2)6-3)47(39,40)26-12-13-30-31(18-26)45-22-44-30/h8-13,18,23,27-29,32-33,37H,4-7,14-17,19-22H2,1-3H3,(H,35,38)/t27-,28-,29+,32-,33+/m0/s1. The van der Waals surface area contributed by atoms with Crippen LogP contribution in [0.5, 0.6) is 17.2 Å². The van der Waals surface area contributed by atoms with Crippen LogP contribution >= 0.6 is 0 Å². The summed E-state index contributed by atoms with van der Waals surface area (Å²) < 4.78 is 63.0. The van der Waals surface area contributed by atoms with E-state index in [1.54, 1.807) is 6.07 Å². The van der Waals surface area contributed by atoms with Crippen LogP contribution in [0.25, 0.3) is 0 Å². The van der Waals surface area contributed by atoms with Gasteiger partial charge in [-0.05, 0) is 55.0 Å². The van der Waals surface area contributed by atoms with Gasteiger partial charge < -0.3 is 38.8 Å². The van der Waals surface area contributed by atoms with Gasteiger partial charge in [-0.15, -0.1) is 0 Å². The summed E-state index contributed by atoms with van der Waals surface area (Å²) in [7, 11) is -4.07. The second-order valence-corrected chi connectivity index (χ2v) is 14.3. The number of hydrogen-bond acceptors (Lipinski definition) is 10. The second kappa shape index (κ2) is 16.3. The van der Waals surface area contributed by atoms with Crippen LogP contribution in [0, 0.1) is 11.8 Å². The number of carbonyl (C=O) groups is 1. The third kappa shape index (κ3) is 8.88. The van der Waals surface area contributed by atoms with Gasteiger partial charge in [0.05, 0.1) is 42.8 Å². The van der Waals surface area contributed by atoms with Crippen molar-refractivity contribution in [1.29, 1.82) is 0 Å². The Morgan fingerprint density at radius 2 is 1.81 bits per heavy atom. The lowest BCUT2D eigenvalue weighted by Gasteiger charge is -2.31. The summed E-state index contributed by atoms with van der Waals surface area (Å²) >= 11 is 0. The van der Waals surface area contributed by atoms with E-state index >= 15 is 0 Å². The molecule has 0 bridgehead atoms. The molecule has 13 heteroatoms. The van der Waals surface area contributed by atoms with E-state index in [0.717, 1.165) is 43.4 Å². The van der Waals surface area contributed by atoms with Crippen LogP contribution in [0.1, 0.15) is 58.4 Å². The highest BCUT2D eigenvalue weighted by atomic mass is 32.2. The monoisotopic (exact) mass is 676 g/mol. The number of sulfonamides is 1. The molecule has 47 heavy (non-hydrogen) atoms. The van der Waals surface area contributed by atoms with Crippen LogP contribution in [0.2, 0.25) is 0 Å². The fourth-order valence-corrected chi connectivity index (χ4v) is 7.64. The molecular formula is C34H48N2O10S. The molecule has 3 aliphatic rings. The molecule has 0 aromatic heterocycles. The predicted molar refractivity (Wildman–Crippen MR) is 173 cm³/mol. The highest BCUT2D eigenvalue weighted by molar-refractivity contribution is 7.89. The van der Waals surface area contributed by atoms with Crippen molar-refractivity contribution in [1.82, 2.24) is 9.62 Å². The molecule has 2 N–H and O–H groups in total. The molecule has 1 amide bonds. The van der Waals surface area contributed by atoms with Crippen LogP contribution in [0.4, 0.5) is 4.79 Å². The smallest absolute Gasteiger partial charge is 0.407 e. The van der Waals surface area contributed by atoms with E-state index in [2.05, 4.69) is 12.2 Å². The Morgan fingerprint density at radius 3 is 2.55 bits per heavy atom. The van der Waals surface area contributed by atoms with Gasteiger partial charge in [0.25, 0.3) is 0 Å². The summed E-state index contributed by atoms with van der Waals surface area (Å²) in [5.41, 5.74) is 0.829. The Kier molecular flexibility index (Phi) is 12.2. The molecule has 5 rings (SSSR count). The molecule has 0 saturated carbocycles. The van der Waals surface area contributed by atoms with Gasteiger partial charge in [-0.1, -0.05) is 52.2 Å². The molecule has 2 aromatic carbocycles. The van der Waals surface area contributed by atoms with Crippen LogP contribution in [-0.4, -0.2) is 88.2 Å². The first-order valence-corrected chi connectivity index (χ1v) is 18.2. The lowest BCUT2D eigenvalue weighted by molar-refractivity contribution is -0.0907. The SMILES string of the molecule is CCCCOc1ccc(C[C@H](NC(=O)O[C@H]2CO[C@H]3OCC[C@H]32)[C@H](O)CN(CC(CC)CC)S(=O)(=O)c2ccc3c(c2)OCO3)cc1. The average Bonchev–Trinajstić information content (AvgIpc) is 3.82. The highest BCUT2D eigenvalue weighted by Crippen LogP contribution is 2.35. The fraction of sp³-hybridized carbons (Fsp3) is 0.618. The minimum atomic E-state index is -4.07. The number of hydrogen-bond donors (Lipinski definition) is 2. The maximum atomic E-state index is 14.1. The average molecular weight is 677 g/mol. The number of fused-ring (bicyclic) bond motifs is 2. The van der Waals surface area contributed by atoms with Gasteiger partial charge >= 0.3 is 6.09 Å². The first-order valence-electron chi connectivity index (χ1n) is 16.7. The minimum Gasteiger partial charge on any atom is -0.494 e. The van der Waals surface area contributed by atoms with E-state index in [9.17, 15) is 18.3 Å². The van der Waals surface area contributed by atoms with Crippen molar-refractivity contribution >= 4 is 16.1 Å². The first-order chi connectivity index (χ1) is 22.7. The number of ether oxygens (including phenoxy) is 6. The number of rotatable bonds is 17. The van der Waals surface area contributed by atoms with Crippen molar-refractivity contribution in [3.8, 4) is 17.2 Å². The third-order valence-electron chi connectivity index (χ3n) is 9.15. The Bertz CT molecular complexity index is 1420. The Labute approximate surface area is 277 Å². The van der Waals surface area contributed by atoms with E-state index in [1.165, 1.54) is 16.4 Å². The van der Waals surface area contributed by atoms with Crippen LogP contribution < -0.4 is 19.5 Å². The molecular weight excluding hydrogens is 628 g/mol. The van der Waals surface area contributed by atoms with Crippen molar-refractivity contribution in [3.63, 3.8) is 0 Å². The number of benzene rings is 2. The van der Waals surface area contributed by atoms with Crippen molar-refractivity contribution in [2.24, 2.45) is 11.8 Å². The molecule has 0 radical (unpaired) electrons. The molecule has 0 unspecified atom stereocenters. The van der Waals surface area contributed by atoms with Gasteiger partial charge in [-0.25, -0.2) is 13.2 Å². The summed E-state index contributed by atoms with van der Waals surface area (Å²) in [6, 6.07) is 11.1. The van der Waals surface area contributed by atoms with Crippen molar-refractivity contribution in [3.05, 3.63) is 48.0 Å². The molecule has 3 heterocycles. The Morgan fingerprint density at radius 1 is 1.04 bits per heavy atom. The van der Waals surface area contributed by atoms with Crippen LogP contribution in [0.3, 0.4) is 0 Å². The van der Waals surface area contributed by atoms with E-state index in [0.29, 0.717) is 24.7 Å². The number of carbonyl (C=O) groups excluding carboxylic acids is 1. The normalized spacial score (nSPS) is 21.5. The summed E-state index contributed by atoms with van der Waals surface area (Å²) in [6.07, 6.45) is 1.61. The summed E-state index contributed by atoms with van der Waals surface area (Å²) in [4.78, 5) is 13.3. The molecule has 3 aliphatic heterocycles. The molecule has 5 atom stereocenters. The van der Waals surface area contributed by atoms with Crippen molar-refractivity contribution in [2.75, 3.05) is 39.7 Å². The van der Waals surface area contributed by atoms with Gasteiger partial charge in [0.1, 0.15) is 11.9 Å². The molecule has 0 aliphatic carbocycles. The number of aliphatic hydroxyl groups excluding tert-OH is 1. The Balaban J connectivity index is 1.35. The van der Waals surface area contributed by atoms with Crippen molar-refractivity contribution in [2.45, 2.75) is 88.7 Å². The lowest BCUT2D eigenvalue weighted by Crippen LogP contribution is -2.52. The molecule has 2 aromatic rings. The van der Waals surface area contributed by atoms with Gasteiger partial charge in [0.2, 0.25) is 16.8 Å². The maximum Gasteiger partial charge on any atom is 0.407 e. The van der Waals surface area contributed by atoms with E-state index in [1.807, 2.05) is 38.1 Å². The molecule has 12 nitrogen and oxygen atoms in total.